The minimum atomic E-state index is -0.673. The van der Waals surface area contributed by atoms with Crippen molar-refractivity contribution in [1.82, 2.24) is 0 Å². The first kappa shape index (κ1) is 13.9. The van der Waals surface area contributed by atoms with Crippen molar-refractivity contribution < 1.29 is 9.53 Å². The molecule has 3 N–H and O–H groups in total. The zero-order chi connectivity index (χ0) is 15.1. The number of anilines is 1. The molecule has 1 atom stereocenters. The number of rotatable bonds is 2. The van der Waals surface area contributed by atoms with Crippen molar-refractivity contribution in [2.45, 2.75) is 19.9 Å². The van der Waals surface area contributed by atoms with Gasteiger partial charge in [0.15, 0.2) is 0 Å². The van der Waals surface area contributed by atoms with Gasteiger partial charge in [-0.15, -0.1) is 0 Å². The molecule has 1 aliphatic heterocycles. The molecule has 108 valence electrons. The Kier molecular flexibility index (Phi) is 3.35. The van der Waals surface area contributed by atoms with E-state index in [1.54, 1.807) is 12.1 Å². The van der Waals surface area contributed by atoms with Gasteiger partial charge in [0, 0.05) is 17.3 Å². The van der Waals surface area contributed by atoms with E-state index in [9.17, 15) is 4.79 Å². The molecule has 1 aliphatic rings. The summed E-state index contributed by atoms with van der Waals surface area (Å²) in [5, 5.41) is 3.15. The Bertz CT molecular complexity index is 743. The molecule has 1 heterocycles. The number of nitrogens with one attached hydrogen (secondary N) is 1. The summed E-state index contributed by atoms with van der Waals surface area (Å²) in [6.45, 7) is 4.06. The number of ether oxygens (including phenoxy) is 1. The van der Waals surface area contributed by atoms with Gasteiger partial charge in [-0.1, -0.05) is 17.7 Å². The van der Waals surface area contributed by atoms with Crippen molar-refractivity contribution in [3.8, 4) is 11.5 Å². The standard InChI is InChI=1S/C16H15ClN2O2/c1-8-3-4-10(5-9(8)2)21-14-7-13-11(6-12(14)17)15(18)16(20)19-13/h3-7,15H,18H2,1-2H3,(H,19,20). The zero-order valence-corrected chi connectivity index (χ0v) is 12.5. The van der Waals surface area contributed by atoms with Crippen molar-refractivity contribution in [1.29, 1.82) is 0 Å². The van der Waals surface area contributed by atoms with Crippen molar-refractivity contribution in [2.24, 2.45) is 5.73 Å². The third kappa shape index (κ3) is 2.48. The largest absolute Gasteiger partial charge is 0.456 e. The Morgan fingerprint density at radius 3 is 2.67 bits per heavy atom. The van der Waals surface area contributed by atoms with Gasteiger partial charge in [0.05, 0.1) is 5.02 Å². The number of nitrogens with two attached hydrogens (primary N) is 1. The molecule has 2 aromatic carbocycles. The maximum atomic E-state index is 11.6. The van der Waals surface area contributed by atoms with E-state index in [4.69, 9.17) is 22.1 Å². The molecular weight excluding hydrogens is 288 g/mol. The molecule has 4 nitrogen and oxygen atoms in total. The number of carbonyl (C=O) groups excluding carboxylic acids is 1. The number of fused-ring (bicyclic) bond motifs is 1. The van der Waals surface area contributed by atoms with Crippen LogP contribution in [0.15, 0.2) is 30.3 Å². The van der Waals surface area contributed by atoms with Gasteiger partial charge < -0.3 is 15.8 Å². The van der Waals surface area contributed by atoms with Gasteiger partial charge in [0.2, 0.25) is 5.91 Å². The predicted octanol–water partition coefficient (Wildman–Crippen LogP) is 3.70. The fourth-order valence-electron chi connectivity index (χ4n) is 2.27. The summed E-state index contributed by atoms with van der Waals surface area (Å²) in [6, 6.07) is 8.53. The molecule has 0 spiro atoms. The van der Waals surface area contributed by atoms with Crippen molar-refractivity contribution in [3.63, 3.8) is 0 Å². The Morgan fingerprint density at radius 2 is 1.95 bits per heavy atom. The quantitative estimate of drug-likeness (QED) is 0.889. The molecule has 0 bridgehead atoms. The van der Waals surface area contributed by atoms with E-state index < -0.39 is 6.04 Å². The molecule has 1 amide bonds. The lowest BCUT2D eigenvalue weighted by atomic mass is 10.1. The molecule has 2 aromatic rings. The first-order chi connectivity index (χ1) is 9.95. The van der Waals surface area contributed by atoms with Crippen LogP contribution in [0.5, 0.6) is 11.5 Å². The van der Waals surface area contributed by atoms with Gasteiger partial charge in [-0.05, 0) is 43.2 Å². The van der Waals surface area contributed by atoms with Gasteiger partial charge in [-0.3, -0.25) is 4.79 Å². The number of benzene rings is 2. The average Bonchev–Trinajstić information content (AvgIpc) is 2.70. The SMILES string of the molecule is Cc1ccc(Oc2cc3c(cc2Cl)C(N)C(=O)N3)cc1C. The molecule has 0 radical (unpaired) electrons. The average molecular weight is 303 g/mol. The maximum Gasteiger partial charge on any atom is 0.245 e. The fraction of sp³-hybridized carbons (Fsp3) is 0.188. The third-order valence-electron chi connectivity index (χ3n) is 3.69. The molecule has 5 heteroatoms. The summed E-state index contributed by atoms with van der Waals surface area (Å²) in [4.78, 5) is 11.6. The van der Waals surface area contributed by atoms with Gasteiger partial charge in [-0.2, -0.15) is 0 Å². The second kappa shape index (κ2) is 5.06. The van der Waals surface area contributed by atoms with E-state index in [1.165, 1.54) is 5.56 Å². The number of hydrogen-bond donors (Lipinski definition) is 2. The second-order valence-corrected chi connectivity index (χ2v) is 5.59. The zero-order valence-electron chi connectivity index (χ0n) is 11.7. The lowest BCUT2D eigenvalue weighted by Crippen LogP contribution is -2.19. The predicted molar refractivity (Wildman–Crippen MR) is 83.0 cm³/mol. The normalized spacial score (nSPS) is 16.6. The summed E-state index contributed by atoms with van der Waals surface area (Å²) in [5.41, 5.74) is 9.46. The van der Waals surface area contributed by atoms with E-state index >= 15 is 0 Å². The number of carbonyl (C=O) groups is 1. The maximum absolute atomic E-state index is 11.6. The highest BCUT2D eigenvalue weighted by molar-refractivity contribution is 6.32. The van der Waals surface area contributed by atoms with Crippen LogP contribution in [0.3, 0.4) is 0 Å². The molecule has 1 unspecified atom stereocenters. The summed E-state index contributed by atoms with van der Waals surface area (Å²) in [5.74, 6) is 0.964. The first-order valence-corrected chi connectivity index (χ1v) is 6.98. The smallest absolute Gasteiger partial charge is 0.245 e. The van der Waals surface area contributed by atoms with Gasteiger partial charge in [-0.25, -0.2) is 0 Å². The summed E-state index contributed by atoms with van der Waals surface area (Å²) in [6.07, 6.45) is 0. The van der Waals surface area contributed by atoms with E-state index in [0.29, 0.717) is 27.8 Å². The molecule has 0 fully saturated rings. The van der Waals surface area contributed by atoms with Crippen LogP contribution in [0.1, 0.15) is 22.7 Å². The Labute approximate surface area is 127 Å². The second-order valence-electron chi connectivity index (χ2n) is 5.18. The third-order valence-corrected chi connectivity index (χ3v) is 3.98. The van der Waals surface area contributed by atoms with Crippen LogP contribution < -0.4 is 15.8 Å². The Morgan fingerprint density at radius 1 is 1.19 bits per heavy atom. The minimum Gasteiger partial charge on any atom is -0.456 e. The monoisotopic (exact) mass is 302 g/mol. The van der Waals surface area contributed by atoms with Crippen molar-refractivity contribution >= 4 is 23.2 Å². The van der Waals surface area contributed by atoms with E-state index in [0.717, 1.165) is 5.56 Å². The van der Waals surface area contributed by atoms with Gasteiger partial charge >= 0.3 is 0 Å². The molecule has 21 heavy (non-hydrogen) atoms. The minimum absolute atomic E-state index is 0.232. The summed E-state index contributed by atoms with van der Waals surface area (Å²) < 4.78 is 5.82. The molecule has 0 saturated heterocycles. The topological polar surface area (TPSA) is 64.3 Å². The lowest BCUT2D eigenvalue weighted by Gasteiger charge is -2.11. The van der Waals surface area contributed by atoms with Gasteiger partial charge in [0.25, 0.3) is 0 Å². The van der Waals surface area contributed by atoms with E-state index in [1.807, 2.05) is 32.0 Å². The van der Waals surface area contributed by atoms with Crippen LogP contribution >= 0.6 is 11.6 Å². The Hall–Kier alpha value is -2.04. The fourth-order valence-corrected chi connectivity index (χ4v) is 2.48. The van der Waals surface area contributed by atoms with Crippen LogP contribution in [0.25, 0.3) is 0 Å². The van der Waals surface area contributed by atoms with Crippen molar-refractivity contribution in [3.05, 3.63) is 52.0 Å². The highest BCUT2D eigenvalue weighted by Gasteiger charge is 2.28. The molecule has 0 aromatic heterocycles. The van der Waals surface area contributed by atoms with Crippen molar-refractivity contribution in [2.75, 3.05) is 5.32 Å². The van der Waals surface area contributed by atoms with Gasteiger partial charge in [0.1, 0.15) is 17.5 Å². The number of amides is 1. The molecular formula is C16H15ClN2O2. The molecule has 3 rings (SSSR count). The van der Waals surface area contributed by atoms with E-state index in [2.05, 4.69) is 5.32 Å². The van der Waals surface area contributed by atoms with Crippen LogP contribution in [0.4, 0.5) is 5.69 Å². The number of aryl methyl sites for hydroxylation is 2. The Balaban J connectivity index is 1.95. The van der Waals surface area contributed by atoms with Crippen LogP contribution in [-0.2, 0) is 4.79 Å². The first-order valence-electron chi connectivity index (χ1n) is 6.60. The summed E-state index contributed by atoms with van der Waals surface area (Å²) in [7, 11) is 0. The highest BCUT2D eigenvalue weighted by atomic mass is 35.5. The lowest BCUT2D eigenvalue weighted by molar-refractivity contribution is -0.116. The van der Waals surface area contributed by atoms with E-state index in [-0.39, 0.29) is 5.91 Å². The molecule has 0 saturated carbocycles. The van der Waals surface area contributed by atoms with Crippen LogP contribution in [0, 0.1) is 13.8 Å². The number of hydrogen-bond acceptors (Lipinski definition) is 3. The highest BCUT2D eigenvalue weighted by Crippen LogP contribution is 2.39. The summed E-state index contributed by atoms with van der Waals surface area (Å²) >= 11 is 6.22. The van der Waals surface area contributed by atoms with Crippen LogP contribution in [-0.4, -0.2) is 5.91 Å². The molecule has 0 aliphatic carbocycles. The van der Waals surface area contributed by atoms with Crippen LogP contribution in [0.2, 0.25) is 5.02 Å². The number of halogens is 1.